The van der Waals surface area contributed by atoms with Crippen LogP contribution in [0.25, 0.3) is 0 Å². The Hall–Kier alpha value is -0.810. The van der Waals surface area contributed by atoms with Gasteiger partial charge in [-0.2, -0.15) is 0 Å². The van der Waals surface area contributed by atoms with Gasteiger partial charge in [0.2, 0.25) is 0 Å². The molecule has 0 saturated carbocycles. The Labute approximate surface area is 58.9 Å². The lowest BCUT2D eigenvalue weighted by atomic mass is 10.4. The van der Waals surface area contributed by atoms with Gasteiger partial charge in [0.1, 0.15) is 0 Å². The van der Waals surface area contributed by atoms with Crippen LogP contribution in [-0.2, 0) is 4.74 Å². The highest BCUT2D eigenvalue weighted by molar-refractivity contribution is 5.64. The highest BCUT2D eigenvalue weighted by Crippen LogP contribution is 1.88. The summed E-state index contributed by atoms with van der Waals surface area (Å²) < 4.78 is 4.66. The summed E-state index contributed by atoms with van der Waals surface area (Å²) in [4.78, 5) is 10.2. The molecule has 4 N–H and O–H groups in total. The normalized spacial score (nSPS) is 25.8. The molecule has 58 valence electrons. The molecule has 1 aliphatic rings. The first-order chi connectivity index (χ1) is 4.79. The summed E-state index contributed by atoms with van der Waals surface area (Å²) in [6.45, 7) is 2.33. The molecule has 0 aromatic heterocycles. The summed E-state index contributed by atoms with van der Waals surface area (Å²) in [6, 6.07) is 0. The molecule has 1 fully saturated rings. The predicted molar refractivity (Wildman–Crippen MR) is 35.3 cm³/mol. The fourth-order valence-corrected chi connectivity index (χ4v) is 0.850. The zero-order valence-corrected chi connectivity index (χ0v) is 5.59. The predicted octanol–water partition coefficient (Wildman–Crippen LogP) is -1.40. The molecule has 0 aromatic carbocycles. The summed E-state index contributed by atoms with van der Waals surface area (Å²) in [5.74, 6) is 0. The first-order valence-electron chi connectivity index (χ1n) is 3.19. The van der Waals surface area contributed by atoms with E-state index in [-0.39, 0.29) is 6.23 Å². The van der Waals surface area contributed by atoms with Crippen LogP contribution >= 0.6 is 0 Å². The Bertz CT molecular complexity index is 122. The van der Waals surface area contributed by atoms with Crippen molar-refractivity contribution < 1.29 is 9.53 Å². The molecule has 1 atom stereocenters. The summed E-state index contributed by atoms with van der Waals surface area (Å²) in [7, 11) is 0. The van der Waals surface area contributed by atoms with Crippen molar-refractivity contribution in [1.29, 1.82) is 0 Å². The quantitative estimate of drug-likeness (QED) is 0.424. The summed E-state index contributed by atoms with van der Waals surface area (Å²) in [5.41, 5.74) is 4.79. The standard InChI is InChI=1S/C5H11N3O2/c6-5(9)10-4-3-7-1-2-8-4/h4,7-8H,1-3H2,(H2,6,9). The fraction of sp³-hybridized carbons (Fsp3) is 0.800. The van der Waals surface area contributed by atoms with Crippen molar-refractivity contribution in [3.05, 3.63) is 0 Å². The Morgan fingerprint density at radius 1 is 1.60 bits per heavy atom. The van der Waals surface area contributed by atoms with Crippen LogP contribution in [-0.4, -0.2) is 32.0 Å². The van der Waals surface area contributed by atoms with Crippen LogP contribution in [0.2, 0.25) is 0 Å². The third-order valence-electron chi connectivity index (χ3n) is 1.26. The lowest BCUT2D eigenvalue weighted by Gasteiger charge is -2.23. The van der Waals surface area contributed by atoms with Crippen molar-refractivity contribution in [1.82, 2.24) is 10.6 Å². The zero-order chi connectivity index (χ0) is 7.40. The van der Waals surface area contributed by atoms with Crippen molar-refractivity contribution >= 4 is 6.09 Å². The van der Waals surface area contributed by atoms with Crippen LogP contribution < -0.4 is 16.4 Å². The Morgan fingerprint density at radius 3 is 2.90 bits per heavy atom. The average Bonchev–Trinajstić information content (AvgIpc) is 1.88. The van der Waals surface area contributed by atoms with E-state index in [0.717, 1.165) is 13.1 Å². The first kappa shape index (κ1) is 7.30. The molecule has 5 heteroatoms. The largest absolute Gasteiger partial charge is 0.429 e. The van der Waals surface area contributed by atoms with E-state index in [1.165, 1.54) is 0 Å². The number of hydrogen-bond donors (Lipinski definition) is 3. The second-order valence-corrected chi connectivity index (χ2v) is 2.08. The van der Waals surface area contributed by atoms with Crippen LogP contribution in [0.3, 0.4) is 0 Å². The molecule has 0 radical (unpaired) electrons. The number of carbonyl (C=O) groups excluding carboxylic acids is 1. The monoisotopic (exact) mass is 145 g/mol. The van der Waals surface area contributed by atoms with E-state index in [4.69, 9.17) is 5.73 Å². The Morgan fingerprint density at radius 2 is 2.40 bits per heavy atom. The molecule has 1 amide bonds. The van der Waals surface area contributed by atoms with Crippen LogP contribution in [0.4, 0.5) is 4.79 Å². The number of nitrogens with two attached hydrogens (primary N) is 1. The number of rotatable bonds is 1. The molecule has 1 unspecified atom stereocenters. The molecular formula is C5H11N3O2. The maximum absolute atomic E-state index is 10.2. The third-order valence-corrected chi connectivity index (χ3v) is 1.26. The van der Waals surface area contributed by atoms with Gasteiger partial charge >= 0.3 is 6.09 Å². The van der Waals surface area contributed by atoms with Gasteiger partial charge in [-0.15, -0.1) is 0 Å². The molecule has 0 aliphatic carbocycles. The number of primary amides is 1. The van der Waals surface area contributed by atoms with Gasteiger partial charge in [-0.1, -0.05) is 0 Å². The highest BCUT2D eigenvalue weighted by atomic mass is 16.6. The molecule has 1 heterocycles. The minimum Gasteiger partial charge on any atom is -0.429 e. The number of carbonyl (C=O) groups is 1. The maximum atomic E-state index is 10.2. The van der Waals surface area contributed by atoms with Gasteiger partial charge in [-0.3, -0.25) is 5.32 Å². The number of piperazine rings is 1. The molecular weight excluding hydrogens is 134 g/mol. The van der Waals surface area contributed by atoms with Gasteiger partial charge in [0.25, 0.3) is 0 Å². The molecule has 0 bridgehead atoms. The molecule has 10 heavy (non-hydrogen) atoms. The Balaban J connectivity index is 2.19. The van der Waals surface area contributed by atoms with Crippen LogP contribution in [0.15, 0.2) is 0 Å². The van der Waals surface area contributed by atoms with Crippen molar-refractivity contribution in [2.45, 2.75) is 6.23 Å². The topological polar surface area (TPSA) is 76.4 Å². The van der Waals surface area contributed by atoms with E-state index < -0.39 is 6.09 Å². The smallest absolute Gasteiger partial charge is 0.406 e. The van der Waals surface area contributed by atoms with Gasteiger partial charge in [-0.25, -0.2) is 4.79 Å². The van der Waals surface area contributed by atoms with Crippen molar-refractivity contribution in [3.63, 3.8) is 0 Å². The van der Waals surface area contributed by atoms with Crippen LogP contribution in [0.5, 0.6) is 0 Å². The van der Waals surface area contributed by atoms with Gasteiger partial charge in [-0.05, 0) is 0 Å². The van der Waals surface area contributed by atoms with E-state index in [9.17, 15) is 4.79 Å². The zero-order valence-electron chi connectivity index (χ0n) is 5.59. The maximum Gasteiger partial charge on any atom is 0.406 e. The van der Waals surface area contributed by atoms with E-state index in [1.807, 2.05) is 0 Å². The summed E-state index contributed by atoms with van der Waals surface area (Å²) in [5, 5.41) is 6.01. The van der Waals surface area contributed by atoms with E-state index in [2.05, 4.69) is 15.4 Å². The minimum absolute atomic E-state index is 0.258. The first-order valence-corrected chi connectivity index (χ1v) is 3.19. The van der Waals surface area contributed by atoms with Gasteiger partial charge in [0.05, 0.1) is 0 Å². The lowest BCUT2D eigenvalue weighted by molar-refractivity contribution is 0.0763. The van der Waals surface area contributed by atoms with Crippen molar-refractivity contribution in [2.75, 3.05) is 19.6 Å². The average molecular weight is 145 g/mol. The molecule has 1 aliphatic heterocycles. The van der Waals surface area contributed by atoms with Crippen molar-refractivity contribution in [3.8, 4) is 0 Å². The second kappa shape index (κ2) is 3.38. The SMILES string of the molecule is NC(=O)OC1CNCCN1. The van der Waals surface area contributed by atoms with Crippen molar-refractivity contribution in [2.24, 2.45) is 5.73 Å². The number of amides is 1. The van der Waals surface area contributed by atoms with E-state index in [1.54, 1.807) is 0 Å². The number of nitrogens with one attached hydrogen (secondary N) is 2. The number of ether oxygens (including phenoxy) is 1. The van der Waals surface area contributed by atoms with Crippen LogP contribution in [0, 0.1) is 0 Å². The molecule has 0 spiro atoms. The van der Waals surface area contributed by atoms with E-state index >= 15 is 0 Å². The molecule has 1 rings (SSSR count). The van der Waals surface area contributed by atoms with Gasteiger partial charge < -0.3 is 15.8 Å². The second-order valence-electron chi connectivity index (χ2n) is 2.08. The number of hydrogen-bond acceptors (Lipinski definition) is 4. The minimum atomic E-state index is -0.735. The lowest BCUT2D eigenvalue weighted by Crippen LogP contribution is -2.50. The third kappa shape index (κ3) is 2.20. The van der Waals surface area contributed by atoms with Gasteiger partial charge in [0, 0.05) is 19.6 Å². The Kier molecular flexibility index (Phi) is 2.47. The summed E-state index contributed by atoms with van der Waals surface area (Å²) in [6.07, 6.45) is -0.993. The molecule has 5 nitrogen and oxygen atoms in total. The fourth-order valence-electron chi connectivity index (χ4n) is 0.850. The highest BCUT2D eigenvalue weighted by Gasteiger charge is 2.13. The van der Waals surface area contributed by atoms with Crippen LogP contribution in [0.1, 0.15) is 0 Å². The summed E-state index contributed by atoms with van der Waals surface area (Å²) >= 11 is 0. The molecule has 1 saturated heterocycles. The van der Waals surface area contributed by atoms with E-state index in [0.29, 0.717) is 6.54 Å². The van der Waals surface area contributed by atoms with Gasteiger partial charge in [0.15, 0.2) is 6.23 Å². The molecule has 0 aromatic rings.